The van der Waals surface area contributed by atoms with Crippen LogP contribution in [0.3, 0.4) is 0 Å². The third kappa shape index (κ3) is 2.54. The van der Waals surface area contributed by atoms with E-state index in [1.807, 2.05) is 0 Å². The Labute approximate surface area is 125 Å². The lowest BCUT2D eigenvalue weighted by atomic mass is 10.2. The first kappa shape index (κ1) is 13.8. The first-order chi connectivity index (χ1) is 10.5. The molecule has 2 aromatic heterocycles. The number of carboxylic acid groups (broad SMARTS) is 1. The number of aliphatic carboxylic acids is 1. The predicted octanol–water partition coefficient (Wildman–Crippen LogP) is 1.59. The molecular weight excluding hydrogens is 282 g/mol. The van der Waals surface area contributed by atoms with E-state index < -0.39 is 5.97 Å². The van der Waals surface area contributed by atoms with Gasteiger partial charge >= 0.3 is 5.97 Å². The molecule has 0 aliphatic carbocycles. The number of anilines is 1. The average Bonchev–Trinajstić information content (AvgIpc) is 2.48. The zero-order valence-corrected chi connectivity index (χ0v) is 11.6. The molecule has 3 aromatic rings. The standard InChI is InChI=1S/C16H13N3O3/c17-10-1-4-12(5-2-10)19-8-7-14-13(16(19)22)6-3-11(18-14)9-15(20)21/h1-8H,9,17H2,(H,20,21). The maximum absolute atomic E-state index is 12.5. The summed E-state index contributed by atoms with van der Waals surface area (Å²) in [6.07, 6.45) is 1.45. The normalized spacial score (nSPS) is 10.7. The van der Waals surface area contributed by atoms with Gasteiger partial charge in [0.1, 0.15) is 0 Å². The quantitative estimate of drug-likeness (QED) is 0.715. The van der Waals surface area contributed by atoms with Crippen molar-refractivity contribution < 1.29 is 9.90 Å². The Morgan fingerprint density at radius 2 is 1.86 bits per heavy atom. The van der Waals surface area contributed by atoms with Gasteiger partial charge in [0, 0.05) is 17.6 Å². The molecule has 3 rings (SSSR count). The first-order valence-corrected chi connectivity index (χ1v) is 6.63. The smallest absolute Gasteiger partial charge is 0.309 e. The van der Waals surface area contributed by atoms with E-state index in [9.17, 15) is 9.59 Å². The van der Waals surface area contributed by atoms with Gasteiger partial charge in [-0.2, -0.15) is 0 Å². The van der Waals surface area contributed by atoms with Crippen molar-refractivity contribution in [3.8, 4) is 5.69 Å². The van der Waals surface area contributed by atoms with Crippen molar-refractivity contribution in [2.45, 2.75) is 6.42 Å². The Kier molecular flexibility index (Phi) is 3.34. The highest BCUT2D eigenvalue weighted by Gasteiger charge is 2.08. The molecule has 0 amide bonds. The number of fused-ring (bicyclic) bond motifs is 1. The van der Waals surface area contributed by atoms with Gasteiger partial charge in [0.15, 0.2) is 0 Å². The highest BCUT2D eigenvalue weighted by atomic mass is 16.4. The van der Waals surface area contributed by atoms with Crippen LogP contribution in [0, 0.1) is 0 Å². The maximum Gasteiger partial charge on any atom is 0.309 e. The van der Waals surface area contributed by atoms with Gasteiger partial charge in [0.05, 0.1) is 23.0 Å². The van der Waals surface area contributed by atoms with Crippen LogP contribution in [-0.2, 0) is 11.2 Å². The first-order valence-electron chi connectivity index (χ1n) is 6.63. The molecule has 0 radical (unpaired) electrons. The minimum absolute atomic E-state index is 0.170. The molecular formula is C16H13N3O3. The summed E-state index contributed by atoms with van der Waals surface area (Å²) in [6, 6.07) is 11.8. The summed E-state index contributed by atoms with van der Waals surface area (Å²) in [5.74, 6) is -0.956. The molecule has 6 heteroatoms. The van der Waals surface area contributed by atoms with Crippen molar-refractivity contribution in [1.82, 2.24) is 9.55 Å². The van der Waals surface area contributed by atoms with Gasteiger partial charge in [-0.25, -0.2) is 0 Å². The number of carboxylic acids is 1. The van der Waals surface area contributed by atoms with Gasteiger partial charge in [0.25, 0.3) is 5.56 Å². The number of benzene rings is 1. The molecule has 1 aromatic carbocycles. The number of nitrogens with zero attached hydrogens (tertiary/aromatic N) is 2. The van der Waals surface area contributed by atoms with Crippen molar-refractivity contribution >= 4 is 22.6 Å². The molecule has 0 fully saturated rings. The third-order valence-corrected chi connectivity index (χ3v) is 3.32. The van der Waals surface area contributed by atoms with Crippen LogP contribution in [0.25, 0.3) is 16.6 Å². The van der Waals surface area contributed by atoms with Crippen LogP contribution in [0.2, 0.25) is 0 Å². The Bertz CT molecular complexity index is 914. The molecule has 0 unspecified atom stereocenters. The van der Waals surface area contributed by atoms with Crippen molar-refractivity contribution in [3.63, 3.8) is 0 Å². The highest BCUT2D eigenvalue weighted by Crippen LogP contribution is 2.13. The number of nitrogens with two attached hydrogens (primary N) is 1. The number of rotatable bonds is 3. The van der Waals surface area contributed by atoms with E-state index in [2.05, 4.69) is 4.98 Å². The van der Waals surface area contributed by atoms with E-state index >= 15 is 0 Å². The second-order valence-corrected chi connectivity index (χ2v) is 4.89. The van der Waals surface area contributed by atoms with Crippen LogP contribution in [-0.4, -0.2) is 20.6 Å². The zero-order valence-electron chi connectivity index (χ0n) is 11.6. The van der Waals surface area contributed by atoms with Gasteiger partial charge in [-0.3, -0.25) is 19.1 Å². The number of carbonyl (C=O) groups is 1. The van der Waals surface area contributed by atoms with Crippen molar-refractivity contribution in [2.24, 2.45) is 0 Å². The zero-order chi connectivity index (χ0) is 15.7. The summed E-state index contributed by atoms with van der Waals surface area (Å²) in [4.78, 5) is 27.5. The molecule has 0 saturated carbocycles. The van der Waals surface area contributed by atoms with E-state index in [0.717, 1.165) is 0 Å². The molecule has 2 heterocycles. The second-order valence-electron chi connectivity index (χ2n) is 4.89. The van der Waals surface area contributed by atoms with Crippen LogP contribution in [0.5, 0.6) is 0 Å². The Balaban J connectivity index is 2.12. The topological polar surface area (TPSA) is 98.2 Å². The second kappa shape index (κ2) is 5.33. The number of pyridine rings is 2. The van der Waals surface area contributed by atoms with Gasteiger partial charge in [0.2, 0.25) is 0 Å². The lowest BCUT2D eigenvalue weighted by Gasteiger charge is -2.08. The van der Waals surface area contributed by atoms with Crippen LogP contribution in [0.4, 0.5) is 5.69 Å². The summed E-state index contributed by atoms with van der Waals surface area (Å²) in [7, 11) is 0. The van der Waals surface area contributed by atoms with Crippen LogP contribution in [0.15, 0.2) is 53.5 Å². The predicted molar refractivity (Wildman–Crippen MR) is 83.1 cm³/mol. The van der Waals surface area contributed by atoms with Crippen molar-refractivity contribution in [2.75, 3.05) is 5.73 Å². The molecule has 0 aliphatic rings. The van der Waals surface area contributed by atoms with E-state index in [0.29, 0.717) is 28.0 Å². The fourth-order valence-electron chi connectivity index (χ4n) is 2.26. The lowest BCUT2D eigenvalue weighted by molar-refractivity contribution is -0.136. The molecule has 110 valence electrons. The van der Waals surface area contributed by atoms with E-state index in [4.69, 9.17) is 10.8 Å². The number of aromatic nitrogens is 2. The summed E-state index contributed by atoms with van der Waals surface area (Å²) >= 11 is 0. The fourth-order valence-corrected chi connectivity index (χ4v) is 2.26. The summed E-state index contributed by atoms with van der Waals surface area (Å²) in [5.41, 5.74) is 7.66. The summed E-state index contributed by atoms with van der Waals surface area (Å²) < 4.78 is 1.50. The van der Waals surface area contributed by atoms with E-state index in [1.54, 1.807) is 48.7 Å². The number of hydrogen-bond acceptors (Lipinski definition) is 4. The maximum atomic E-state index is 12.5. The molecule has 0 spiro atoms. The largest absolute Gasteiger partial charge is 0.481 e. The Morgan fingerprint density at radius 1 is 1.14 bits per heavy atom. The minimum atomic E-state index is -0.956. The van der Waals surface area contributed by atoms with Crippen LogP contribution >= 0.6 is 0 Å². The van der Waals surface area contributed by atoms with Crippen LogP contribution in [0.1, 0.15) is 5.69 Å². The molecule has 0 atom stereocenters. The highest BCUT2D eigenvalue weighted by molar-refractivity contribution is 5.79. The van der Waals surface area contributed by atoms with Gasteiger partial charge in [-0.05, 0) is 42.5 Å². The van der Waals surface area contributed by atoms with E-state index in [1.165, 1.54) is 4.57 Å². The SMILES string of the molecule is Nc1ccc(-n2ccc3nc(CC(=O)O)ccc3c2=O)cc1. The fraction of sp³-hybridized carbons (Fsp3) is 0.0625. The molecule has 3 N–H and O–H groups in total. The molecule has 0 saturated heterocycles. The van der Waals surface area contributed by atoms with E-state index in [-0.39, 0.29) is 12.0 Å². The van der Waals surface area contributed by atoms with Gasteiger partial charge in [-0.15, -0.1) is 0 Å². The third-order valence-electron chi connectivity index (χ3n) is 3.32. The summed E-state index contributed by atoms with van der Waals surface area (Å²) in [6.45, 7) is 0. The van der Waals surface area contributed by atoms with Crippen molar-refractivity contribution in [3.05, 3.63) is 64.7 Å². The molecule has 22 heavy (non-hydrogen) atoms. The molecule has 0 aliphatic heterocycles. The molecule has 6 nitrogen and oxygen atoms in total. The average molecular weight is 295 g/mol. The monoisotopic (exact) mass is 295 g/mol. The Hall–Kier alpha value is -3.15. The van der Waals surface area contributed by atoms with Crippen LogP contribution < -0.4 is 11.3 Å². The Morgan fingerprint density at radius 3 is 2.55 bits per heavy atom. The number of nitrogen functional groups attached to an aromatic ring is 1. The molecule has 0 bridgehead atoms. The summed E-state index contributed by atoms with van der Waals surface area (Å²) in [5, 5.41) is 9.23. The minimum Gasteiger partial charge on any atom is -0.481 e. The van der Waals surface area contributed by atoms with Gasteiger partial charge in [-0.1, -0.05) is 0 Å². The lowest BCUT2D eigenvalue weighted by Crippen LogP contribution is -2.18. The number of hydrogen-bond donors (Lipinski definition) is 2. The van der Waals surface area contributed by atoms with Gasteiger partial charge < -0.3 is 10.8 Å². The van der Waals surface area contributed by atoms with Crippen molar-refractivity contribution in [1.29, 1.82) is 0 Å².